The zero-order chi connectivity index (χ0) is 21.4. The lowest BCUT2D eigenvalue weighted by Crippen LogP contribution is -2.28. The van der Waals surface area contributed by atoms with E-state index in [1.807, 2.05) is 24.3 Å². The maximum Gasteiger partial charge on any atom is 0.272 e. The lowest BCUT2D eigenvalue weighted by molar-refractivity contribution is 0.0937. The van der Waals surface area contributed by atoms with E-state index in [2.05, 4.69) is 10.1 Å². The van der Waals surface area contributed by atoms with E-state index in [1.165, 1.54) is 28.5 Å². The van der Waals surface area contributed by atoms with Gasteiger partial charge in [-0.2, -0.15) is 5.26 Å². The number of hydrogen-bond donors (Lipinski definition) is 1. The third-order valence-electron chi connectivity index (χ3n) is 5.26. The molecule has 0 saturated carbocycles. The number of thioether (sulfide) groups is 1. The van der Waals surface area contributed by atoms with Crippen LogP contribution in [-0.2, 0) is 17.0 Å². The summed E-state index contributed by atoms with van der Waals surface area (Å²) in [7, 11) is 0. The maximum absolute atomic E-state index is 13.2. The smallest absolute Gasteiger partial charge is 0.272 e. The second-order valence-corrected chi connectivity index (χ2v) is 8.24. The molecule has 1 fully saturated rings. The summed E-state index contributed by atoms with van der Waals surface area (Å²) in [6, 6.07) is 10.7. The van der Waals surface area contributed by atoms with Gasteiger partial charge in [0.2, 0.25) is 0 Å². The van der Waals surface area contributed by atoms with Crippen LogP contribution < -0.4 is 11.1 Å². The number of aromatic amines is 1. The van der Waals surface area contributed by atoms with Gasteiger partial charge < -0.3 is 4.74 Å². The molecule has 1 N–H and O–H groups in total. The third kappa shape index (κ3) is 3.62. The van der Waals surface area contributed by atoms with Crippen molar-refractivity contribution in [1.82, 2.24) is 24.1 Å². The molecular weight excluding hydrogens is 416 g/mol. The summed E-state index contributed by atoms with van der Waals surface area (Å²) < 4.78 is 8.62. The number of hydrogen-bond acceptors (Lipinski definition) is 7. The number of H-pyrrole nitrogens is 1. The van der Waals surface area contributed by atoms with Crippen LogP contribution in [-0.4, -0.2) is 36.9 Å². The van der Waals surface area contributed by atoms with Crippen molar-refractivity contribution in [1.29, 1.82) is 5.26 Å². The van der Waals surface area contributed by atoms with Crippen LogP contribution in [0.3, 0.4) is 0 Å². The van der Waals surface area contributed by atoms with Crippen LogP contribution in [0.5, 0.6) is 0 Å². The van der Waals surface area contributed by atoms with Crippen molar-refractivity contribution in [2.24, 2.45) is 0 Å². The first-order valence-corrected chi connectivity index (χ1v) is 10.9. The Kier molecular flexibility index (Phi) is 5.05. The second-order valence-electron chi connectivity index (χ2n) is 7.29. The lowest BCUT2D eigenvalue weighted by Gasteiger charge is -2.16. The monoisotopic (exact) mass is 434 g/mol. The predicted octanol–water partition coefficient (Wildman–Crippen LogP) is 2.08. The quantitative estimate of drug-likeness (QED) is 0.377. The fourth-order valence-electron chi connectivity index (χ4n) is 3.73. The van der Waals surface area contributed by atoms with Crippen molar-refractivity contribution >= 4 is 28.3 Å². The molecule has 1 unspecified atom stereocenters. The molecule has 0 amide bonds. The minimum absolute atomic E-state index is 0.0165. The zero-order valence-corrected chi connectivity index (χ0v) is 17.3. The Morgan fingerprint density at radius 2 is 2.16 bits per heavy atom. The van der Waals surface area contributed by atoms with Crippen molar-refractivity contribution in [3.63, 3.8) is 0 Å². The molecule has 9 nitrogen and oxygen atoms in total. The molecule has 156 valence electrons. The van der Waals surface area contributed by atoms with Crippen molar-refractivity contribution < 1.29 is 4.74 Å². The minimum atomic E-state index is -0.301. The van der Waals surface area contributed by atoms with Crippen LogP contribution in [0.1, 0.15) is 24.1 Å². The van der Waals surface area contributed by atoms with Crippen LogP contribution in [0.25, 0.3) is 16.6 Å². The largest absolute Gasteiger partial charge is 0.376 e. The van der Waals surface area contributed by atoms with E-state index in [0.717, 1.165) is 12.8 Å². The van der Waals surface area contributed by atoms with Gasteiger partial charge in [0.05, 0.1) is 29.2 Å². The highest BCUT2D eigenvalue weighted by Crippen LogP contribution is 2.23. The molecule has 1 aliphatic heterocycles. The summed E-state index contributed by atoms with van der Waals surface area (Å²) >= 11 is 1.34. The molecule has 0 bridgehead atoms. The van der Waals surface area contributed by atoms with Crippen molar-refractivity contribution in [3.8, 4) is 6.07 Å². The normalized spacial score (nSPS) is 16.2. The highest BCUT2D eigenvalue weighted by Gasteiger charge is 2.20. The predicted molar refractivity (Wildman–Crippen MR) is 115 cm³/mol. The van der Waals surface area contributed by atoms with Crippen molar-refractivity contribution in [2.75, 3.05) is 6.61 Å². The minimum Gasteiger partial charge on any atom is -0.376 e. The fraction of sp³-hybridized carbons (Fsp3) is 0.286. The Labute approximate surface area is 180 Å². The SMILES string of the molecule is N#Cc1c[nH]n2c(=O)cc(CSc3nc4ccccc4c(=O)n3CC3CCCO3)nc12. The van der Waals surface area contributed by atoms with Crippen molar-refractivity contribution in [2.45, 2.75) is 36.4 Å². The summed E-state index contributed by atoms with van der Waals surface area (Å²) in [5.41, 5.74) is 1.31. The van der Waals surface area contributed by atoms with Gasteiger partial charge in [0.25, 0.3) is 11.1 Å². The first-order valence-electron chi connectivity index (χ1n) is 9.88. The Morgan fingerprint density at radius 1 is 1.29 bits per heavy atom. The molecule has 4 aromatic rings. The van der Waals surface area contributed by atoms with Gasteiger partial charge in [0.1, 0.15) is 11.6 Å². The Balaban J connectivity index is 1.52. The van der Waals surface area contributed by atoms with Gasteiger partial charge in [0, 0.05) is 24.6 Å². The average Bonchev–Trinajstić information content (AvgIpc) is 3.44. The Morgan fingerprint density at radius 3 is 2.97 bits per heavy atom. The fourth-order valence-corrected chi connectivity index (χ4v) is 4.64. The van der Waals surface area contributed by atoms with Crippen LogP contribution in [0.2, 0.25) is 0 Å². The van der Waals surface area contributed by atoms with Gasteiger partial charge in [-0.25, -0.2) is 14.5 Å². The Bertz CT molecular complexity index is 1440. The number of aromatic nitrogens is 5. The van der Waals surface area contributed by atoms with E-state index in [0.29, 0.717) is 46.2 Å². The molecule has 0 spiro atoms. The highest BCUT2D eigenvalue weighted by atomic mass is 32.2. The number of rotatable bonds is 5. The third-order valence-corrected chi connectivity index (χ3v) is 6.27. The van der Waals surface area contributed by atoms with E-state index in [4.69, 9.17) is 9.72 Å². The lowest BCUT2D eigenvalue weighted by atomic mass is 10.2. The molecule has 1 aromatic carbocycles. The molecule has 0 aliphatic carbocycles. The Hall–Kier alpha value is -3.42. The van der Waals surface area contributed by atoms with Crippen molar-refractivity contribution in [3.05, 3.63) is 68.5 Å². The van der Waals surface area contributed by atoms with Gasteiger partial charge in [-0.1, -0.05) is 23.9 Å². The number of fused-ring (bicyclic) bond motifs is 2. The summed E-state index contributed by atoms with van der Waals surface area (Å²) in [6.45, 7) is 1.14. The van der Waals surface area contributed by atoms with Crippen LogP contribution in [0.4, 0.5) is 0 Å². The van der Waals surface area contributed by atoms with E-state index >= 15 is 0 Å². The summed E-state index contributed by atoms with van der Waals surface area (Å²) in [6.07, 6.45) is 3.32. The molecule has 5 rings (SSSR count). The van der Waals surface area contributed by atoms with Gasteiger partial charge in [-0.3, -0.25) is 19.3 Å². The average molecular weight is 434 g/mol. The molecule has 1 saturated heterocycles. The molecule has 3 aromatic heterocycles. The molecule has 31 heavy (non-hydrogen) atoms. The number of nitrogens with zero attached hydrogens (tertiary/aromatic N) is 5. The first kappa shape index (κ1) is 19.5. The second kappa shape index (κ2) is 8.02. The van der Waals surface area contributed by atoms with Crippen LogP contribution in [0, 0.1) is 11.3 Å². The first-order chi connectivity index (χ1) is 15.1. The number of ether oxygens (including phenoxy) is 1. The molecule has 10 heteroatoms. The van der Waals surface area contributed by atoms with E-state index in [9.17, 15) is 14.9 Å². The zero-order valence-electron chi connectivity index (χ0n) is 16.4. The number of nitrogens with one attached hydrogen (secondary N) is 1. The van der Waals surface area contributed by atoms with E-state index in [1.54, 1.807) is 10.6 Å². The number of para-hydroxylation sites is 1. The van der Waals surface area contributed by atoms with Gasteiger partial charge in [-0.15, -0.1) is 0 Å². The van der Waals surface area contributed by atoms with Gasteiger partial charge in [0.15, 0.2) is 10.8 Å². The van der Waals surface area contributed by atoms with E-state index in [-0.39, 0.29) is 22.9 Å². The van der Waals surface area contributed by atoms with Gasteiger partial charge >= 0.3 is 0 Å². The maximum atomic E-state index is 13.2. The molecule has 1 atom stereocenters. The molecule has 4 heterocycles. The summed E-state index contributed by atoms with van der Waals surface area (Å²) in [5, 5.41) is 13.1. The highest BCUT2D eigenvalue weighted by molar-refractivity contribution is 7.98. The standard InChI is InChI=1S/C21H18N6O3S/c22-9-13-10-23-27-18(28)8-14(24-19(13)27)12-31-21-25-17-6-2-1-5-16(17)20(29)26(21)11-15-4-3-7-30-15/h1-2,5-6,8,10,15,23H,3-4,7,11-12H2. The van der Waals surface area contributed by atoms with Gasteiger partial charge in [-0.05, 0) is 25.0 Å². The van der Waals surface area contributed by atoms with Crippen LogP contribution >= 0.6 is 11.8 Å². The van der Waals surface area contributed by atoms with Crippen LogP contribution in [0.15, 0.2) is 51.3 Å². The van der Waals surface area contributed by atoms with E-state index < -0.39 is 0 Å². The summed E-state index contributed by atoms with van der Waals surface area (Å²) in [5.74, 6) is 0.331. The molecular formula is C21H18N6O3S. The topological polar surface area (TPSA) is 118 Å². The number of nitriles is 1. The summed E-state index contributed by atoms with van der Waals surface area (Å²) in [4.78, 5) is 34.7. The molecule has 1 aliphatic rings. The number of benzene rings is 1. The molecule has 0 radical (unpaired) electrons.